The summed E-state index contributed by atoms with van der Waals surface area (Å²) in [6.45, 7) is 0. The van der Waals surface area contributed by atoms with Gasteiger partial charge in [-0.1, -0.05) is 11.6 Å². The second kappa shape index (κ2) is 4.82. The number of rotatable bonds is 3. The first-order valence-electron chi connectivity index (χ1n) is 5.55. The van der Waals surface area contributed by atoms with Gasteiger partial charge in [-0.15, -0.1) is 0 Å². The average molecular weight is 291 g/mol. The summed E-state index contributed by atoms with van der Waals surface area (Å²) in [5.41, 5.74) is 0.307. The number of nitrogens with zero attached hydrogens (tertiary/aromatic N) is 2. The predicted octanol–water partition coefficient (Wildman–Crippen LogP) is 3.37. The minimum absolute atomic E-state index is 0.170. The summed E-state index contributed by atoms with van der Waals surface area (Å²) in [5.74, 6) is -0.813. The van der Waals surface area contributed by atoms with Gasteiger partial charge in [-0.25, -0.2) is 4.79 Å². The van der Waals surface area contributed by atoms with E-state index in [1.165, 1.54) is 0 Å². The van der Waals surface area contributed by atoms with Gasteiger partial charge in [0, 0.05) is 11.6 Å². The third-order valence-corrected chi connectivity index (χ3v) is 2.91. The Kier molecular flexibility index (Phi) is 3.00. The van der Waals surface area contributed by atoms with E-state index in [9.17, 15) is 4.79 Å². The van der Waals surface area contributed by atoms with Gasteiger partial charge < -0.3 is 14.3 Å². The van der Waals surface area contributed by atoms with Crippen molar-refractivity contribution in [2.45, 2.75) is 0 Å². The number of hydrogen-bond donors (Lipinski definition) is 1. The Labute approximate surface area is 117 Å². The number of fused-ring (bicyclic) bond motifs is 1. The molecule has 1 aromatic carbocycles. The summed E-state index contributed by atoms with van der Waals surface area (Å²) in [4.78, 5) is 18.6. The Balaban J connectivity index is 2.02. The molecule has 100 valence electrons. The Morgan fingerprint density at radius 2 is 2.20 bits per heavy atom. The van der Waals surface area contributed by atoms with Crippen LogP contribution in [0.3, 0.4) is 0 Å². The lowest BCUT2D eigenvalue weighted by atomic mass is 10.2. The highest BCUT2D eigenvalue weighted by Gasteiger charge is 2.14. The fraction of sp³-hybridized carbons (Fsp3) is 0. The first-order valence-corrected chi connectivity index (χ1v) is 5.93. The molecule has 2 heterocycles. The molecule has 0 fully saturated rings. The van der Waals surface area contributed by atoms with Gasteiger partial charge in [0.25, 0.3) is 0 Å². The number of aromatic nitrogens is 2. The van der Waals surface area contributed by atoms with Crippen LogP contribution in [0.5, 0.6) is 11.8 Å². The molecular weight excluding hydrogens is 284 g/mol. The van der Waals surface area contributed by atoms with Crippen LogP contribution in [0.25, 0.3) is 10.9 Å². The molecule has 20 heavy (non-hydrogen) atoms. The zero-order chi connectivity index (χ0) is 14.1. The fourth-order valence-corrected chi connectivity index (χ4v) is 1.91. The Hall–Kier alpha value is -2.60. The number of halogens is 1. The molecule has 7 heteroatoms. The third-order valence-electron chi connectivity index (χ3n) is 2.58. The molecule has 1 N–H and O–H groups in total. The van der Waals surface area contributed by atoms with Gasteiger partial charge in [0.05, 0.1) is 5.02 Å². The van der Waals surface area contributed by atoms with Gasteiger partial charge >= 0.3 is 12.0 Å². The lowest BCUT2D eigenvalue weighted by molar-refractivity contribution is 0.0690. The van der Waals surface area contributed by atoms with Crippen molar-refractivity contribution in [3.63, 3.8) is 0 Å². The summed E-state index contributed by atoms with van der Waals surface area (Å²) in [7, 11) is 0. The number of carbonyl (C=O) groups is 1. The molecule has 0 aliphatic rings. The lowest BCUT2D eigenvalue weighted by Gasteiger charge is -2.05. The van der Waals surface area contributed by atoms with Crippen molar-refractivity contribution in [1.29, 1.82) is 0 Å². The molecule has 0 unspecified atom stereocenters. The third kappa shape index (κ3) is 2.17. The van der Waals surface area contributed by atoms with E-state index in [1.54, 1.807) is 30.5 Å². The Morgan fingerprint density at radius 3 is 2.95 bits per heavy atom. The van der Waals surface area contributed by atoms with Gasteiger partial charge in [-0.3, -0.25) is 4.98 Å². The van der Waals surface area contributed by atoms with Crippen LogP contribution in [0.4, 0.5) is 0 Å². The highest BCUT2D eigenvalue weighted by atomic mass is 35.5. The molecule has 0 radical (unpaired) electrons. The van der Waals surface area contributed by atoms with Crippen LogP contribution < -0.4 is 4.74 Å². The average Bonchev–Trinajstić information content (AvgIpc) is 2.91. The van der Waals surface area contributed by atoms with Crippen molar-refractivity contribution in [3.05, 3.63) is 47.4 Å². The molecule has 0 saturated heterocycles. The van der Waals surface area contributed by atoms with Crippen molar-refractivity contribution in [2.75, 3.05) is 0 Å². The zero-order valence-electron chi connectivity index (χ0n) is 9.91. The van der Waals surface area contributed by atoms with Crippen LogP contribution in [0.15, 0.2) is 41.1 Å². The summed E-state index contributed by atoms with van der Waals surface area (Å²) >= 11 is 6.07. The largest absolute Gasteiger partial charge is 0.476 e. The van der Waals surface area contributed by atoms with Crippen LogP contribution in [-0.4, -0.2) is 21.0 Å². The molecule has 0 amide bonds. The summed E-state index contributed by atoms with van der Waals surface area (Å²) in [6.07, 6.45) is 2.43. The van der Waals surface area contributed by atoms with E-state index in [1.807, 2.05) is 0 Å². The van der Waals surface area contributed by atoms with Crippen molar-refractivity contribution in [2.24, 2.45) is 0 Å². The summed E-state index contributed by atoms with van der Waals surface area (Å²) in [5, 5.41) is 10.0. The fourth-order valence-electron chi connectivity index (χ4n) is 1.69. The number of benzene rings is 1. The van der Waals surface area contributed by atoms with Gasteiger partial charge in [0.2, 0.25) is 0 Å². The van der Waals surface area contributed by atoms with Crippen molar-refractivity contribution < 1.29 is 19.1 Å². The zero-order valence-corrected chi connectivity index (χ0v) is 10.7. The molecule has 0 aliphatic carbocycles. The maximum absolute atomic E-state index is 10.7. The van der Waals surface area contributed by atoms with Gasteiger partial charge in [0.1, 0.15) is 11.8 Å². The predicted molar refractivity (Wildman–Crippen MR) is 70.3 cm³/mol. The van der Waals surface area contributed by atoms with Gasteiger partial charge in [0.15, 0.2) is 11.4 Å². The molecule has 3 aromatic rings. The number of carboxylic acid groups (broad SMARTS) is 1. The number of pyridine rings is 1. The van der Waals surface area contributed by atoms with E-state index in [2.05, 4.69) is 9.97 Å². The van der Waals surface area contributed by atoms with Crippen LogP contribution >= 0.6 is 11.6 Å². The molecule has 0 atom stereocenters. The molecule has 0 aliphatic heterocycles. The molecule has 0 bridgehead atoms. The lowest BCUT2D eigenvalue weighted by Crippen LogP contribution is -1.96. The maximum Gasteiger partial charge on any atom is 0.399 e. The SMILES string of the molecule is O=C(O)c1coc(Oc2ccc(Cl)c3cccnc23)n1. The van der Waals surface area contributed by atoms with E-state index in [4.69, 9.17) is 25.9 Å². The first-order chi connectivity index (χ1) is 9.65. The van der Waals surface area contributed by atoms with E-state index < -0.39 is 5.97 Å². The van der Waals surface area contributed by atoms with E-state index >= 15 is 0 Å². The van der Waals surface area contributed by atoms with E-state index in [0.29, 0.717) is 16.3 Å². The smallest absolute Gasteiger partial charge is 0.399 e. The number of hydrogen-bond acceptors (Lipinski definition) is 5. The van der Waals surface area contributed by atoms with E-state index in [0.717, 1.165) is 11.6 Å². The maximum atomic E-state index is 10.7. The Morgan fingerprint density at radius 1 is 1.35 bits per heavy atom. The number of aromatic carboxylic acids is 1. The molecule has 6 nitrogen and oxygen atoms in total. The van der Waals surface area contributed by atoms with Gasteiger partial charge in [-0.05, 0) is 24.3 Å². The summed E-state index contributed by atoms with van der Waals surface area (Å²) < 4.78 is 10.3. The quantitative estimate of drug-likeness (QED) is 0.796. The molecular formula is C13H7ClN2O4. The van der Waals surface area contributed by atoms with Crippen molar-refractivity contribution in [3.8, 4) is 11.8 Å². The monoisotopic (exact) mass is 290 g/mol. The molecule has 2 aromatic heterocycles. The number of ether oxygens (including phenoxy) is 1. The highest BCUT2D eigenvalue weighted by molar-refractivity contribution is 6.35. The van der Waals surface area contributed by atoms with Gasteiger partial charge in [-0.2, -0.15) is 4.98 Å². The second-order valence-electron chi connectivity index (χ2n) is 3.85. The minimum atomic E-state index is -1.19. The first kappa shape index (κ1) is 12.4. The van der Waals surface area contributed by atoms with E-state index in [-0.39, 0.29) is 11.8 Å². The number of oxazole rings is 1. The standard InChI is InChI=1S/C13H7ClN2O4/c14-8-3-4-10(11-7(8)2-1-5-15-11)20-13-16-9(6-19-13)12(17)18/h1-6H,(H,17,18). The second-order valence-corrected chi connectivity index (χ2v) is 4.26. The topological polar surface area (TPSA) is 85.5 Å². The van der Waals surface area contributed by atoms with Crippen LogP contribution in [-0.2, 0) is 0 Å². The Bertz CT molecular complexity index is 800. The normalized spacial score (nSPS) is 10.7. The van der Waals surface area contributed by atoms with Crippen LogP contribution in [0, 0.1) is 0 Å². The molecule has 3 rings (SSSR count). The highest BCUT2D eigenvalue weighted by Crippen LogP contribution is 2.32. The molecule has 0 spiro atoms. The minimum Gasteiger partial charge on any atom is -0.476 e. The van der Waals surface area contributed by atoms with Crippen molar-refractivity contribution >= 4 is 28.5 Å². The van der Waals surface area contributed by atoms with Crippen molar-refractivity contribution in [1.82, 2.24) is 9.97 Å². The molecule has 0 saturated carbocycles. The van der Waals surface area contributed by atoms with Crippen LogP contribution in [0.1, 0.15) is 10.5 Å². The number of carboxylic acids is 1. The van der Waals surface area contributed by atoms with Crippen LogP contribution in [0.2, 0.25) is 5.02 Å². The summed E-state index contributed by atoms with van der Waals surface area (Å²) in [6, 6.07) is 6.83.